The fourth-order valence-corrected chi connectivity index (χ4v) is 1.86. The van der Waals surface area contributed by atoms with Crippen LogP contribution in [0.25, 0.3) is 0 Å². The van der Waals surface area contributed by atoms with Crippen LogP contribution in [0.4, 0.5) is 0 Å². The predicted molar refractivity (Wildman–Crippen MR) is 42.8 cm³/mol. The second kappa shape index (κ2) is 6.46. The summed E-state index contributed by atoms with van der Waals surface area (Å²) >= 11 is 1.99. The summed E-state index contributed by atoms with van der Waals surface area (Å²) in [6.45, 7) is 3.42. The molecule has 0 aliphatic carbocycles. The summed E-state index contributed by atoms with van der Waals surface area (Å²) < 4.78 is 0. The SMILES string of the molecule is CCCCC1=[NH+]CCS1.[I-]. The number of hydrogen-bond acceptors (Lipinski definition) is 1. The molecule has 0 aromatic rings. The van der Waals surface area contributed by atoms with Gasteiger partial charge in [-0.25, -0.2) is 4.99 Å². The van der Waals surface area contributed by atoms with Gasteiger partial charge in [-0.3, -0.25) is 0 Å². The second-order valence-electron chi connectivity index (χ2n) is 2.30. The van der Waals surface area contributed by atoms with Gasteiger partial charge in [-0.15, -0.1) is 0 Å². The van der Waals surface area contributed by atoms with Crippen LogP contribution in [0, 0.1) is 0 Å². The summed E-state index contributed by atoms with van der Waals surface area (Å²) in [5.74, 6) is 1.28. The first-order valence-corrected chi connectivity index (χ1v) is 4.64. The maximum Gasteiger partial charge on any atom is 0.209 e. The van der Waals surface area contributed by atoms with Crippen LogP contribution in [0.15, 0.2) is 0 Å². The molecule has 1 nitrogen and oxygen atoms in total. The Balaban J connectivity index is 0.000000810. The first-order valence-electron chi connectivity index (χ1n) is 3.66. The molecule has 0 unspecified atom stereocenters. The highest BCUT2D eigenvalue weighted by molar-refractivity contribution is 8.13. The Kier molecular flexibility index (Phi) is 6.94. The summed E-state index contributed by atoms with van der Waals surface area (Å²) in [6.07, 6.45) is 3.93. The minimum atomic E-state index is 0. The van der Waals surface area contributed by atoms with E-state index in [-0.39, 0.29) is 24.0 Å². The molecule has 3 heteroatoms. The lowest BCUT2D eigenvalue weighted by molar-refractivity contribution is -0.445. The molecular weight excluding hydrogens is 257 g/mol. The minimum Gasteiger partial charge on any atom is -1.00 e. The van der Waals surface area contributed by atoms with Crippen molar-refractivity contribution in [1.82, 2.24) is 0 Å². The van der Waals surface area contributed by atoms with Crippen LogP contribution in [0.1, 0.15) is 26.2 Å². The van der Waals surface area contributed by atoms with Crippen LogP contribution in [-0.2, 0) is 0 Å². The lowest BCUT2D eigenvalue weighted by Gasteiger charge is -1.88. The zero-order valence-electron chi connectivity index (χ0n) is 6.32. The molecule has 0 atom stereocenters. The number of rotatable bonds is 3. The Bertz CT molecular complexity index is 114. The van der Waals surface area contributed by atoms with Gasteiger partial charge in [-0.2, -0.15) is 0 Å². The lowest BCUT2D eigenvalue weighted by atomic mass is 10.3. The number of nitrogens with one attached hydrogen (secondary N) is 1. The lowest BCUT2D eigenvalue weighted by Crippen LogP contribution is -3.00. The van der Waals surface area contributed by atoms with E-state index in [0.29, 0.717) is 0 Å². The Morgan fingerprint density at radius 3 is 2.90 bits per heavy atom. The Labute approximate surface area is 84.1 Å². The molecule has 0 bridgehead atoms. The first-order chi connectivity index (χ1) is 4.43. The molecule has 0 fully saturated rings. The van der Waals surface area contributed by atoms with E-state index in [1.54, 1.807) is 0 Å². The standard InChI is InChI=1S/C7H13NS.HI/c1-2-3-4-7-8-5-6-9-7;/h2-6H2,1H3;1H. The van der Waals surface area contributed by atoms with Gasteiger partial charge in [0.1, 0.15) is 0 Å². The van der Waals surface area contributed by atoms with Crippen molar-refractivity contribution < 1.29 is 29.0 Å². The monoisotopic (exact) mass is 271 g/mol. The number of unbranched alkanes of at least 4 members (excludes halogenated alkanes) is 1. The molecule has 1 N–H and O–H groups in total. The first kappa shape index (κ1) is 10.8. The fraction of sp³-hybridized carbons (Fsp3) is 0.857. The summed E-state index contributed by atoms with van der Waals surface area (Å²) in [4.78, 5) is 3.37. The zero-order valence-corrected chi connectivity index (χ0v) is 9.30. The van der Waals surface area contributed by atoms with Crippen molar-refractivity contribution >= 4 is 16.8 Å². The zero-order chi connectivity index (χ0) is 6.53. The van der Waals surface area contributed by atoms with Crippen molar-refractivity contribution in [3.8, 4) is 0 Å². The van der Waals surface area contributed by atoms with E-state index in [1.807, 2.05) is 11.8 Å². The van der Waals surface area contributed by atoms with Crippen molar-refractivity contribution in [2.24, 2.45) is 0 Å². The second-order valence-corrected chi connectivity index (χ2v) is 3.49. The third kappa shape index (κ3) is 3.81. The van der Waals surface area contributed by atoms with Crippen LogP contribution in [0.3, 0.4) is 0 Å². The quantitative estimate of drug-likeness (QED) is 0.556. The van der Waals surface area contributed by atoms with Crippen LogP contribution in [-0.4, -0.2) is 17.3 Å². The largest absolute Gasteiger partial charge is 1.00 e. The molecule has 60 valence electrons. The van der Waals surface area contributed by atoms with E-state index in [4.69, 9.17) is 0 Å². The molecule has 0 saturated carbocycles. The molecule has 0 amide bonds. The summed E-state index contributed by atoms with van der Waals surface area (Å²) in [5, 5.41) is 1.51. The number of halogens is 1. The normalized spacial score (nSPS) is 16.3. The molecular formula is C7H14INS. The summed E-state index contributed by atoms with van der Waals surface area (Å²) in [7, 11) is 0. The van der Waals surface area contributed by atoms with E-state index in [1.165, 1.54) is 36.6 Å². The molecule has 0 radical (unpaired) electrons. The number of hydrogen-bond donors (Lipinski definition) is 1. The highest BCUT2D eigenvalue weighted by atomic mass is 127. The van der Waals surface area contributed by atoms with Crippen molar-refractivity contribution in [3.05, 3.63) is 0 Å². The van der Waals surface area contributed by atoms with E-state index in [2.05, 4.69) is 11.9 Å². The Hall–Kier alpha value is 0.750. The van der Waals surface area contributed by atoms with Crippen molar-refractivity contribution in [2.75, 3.05) is 12.3 Å². The van der Waals surface area contributed by atoms with E-state index < -0.39 is 0 Å². The van der Waals surface area contributed by atoms with Gasteiger partial charge in [0, 0.05) is 6.42 Å². The Morgan fingerprint density at radius 1 is 1.60 bits per heavy atom. The molecule has 1 rings (SSSR count). The van der Waals surface area contributed by atoms with Crippen LogP contribution in [0.5, 0.6) is 0 Å². The Morgan fingerprint density at radius 2 is 2.40 bits per heavy atom. The van der Waals surface area contributed by atoms with E-state index >= 15 is 0 Å². The third-order valence-corrected chi connectivity index (χ3v) is 2.56. The predicted octanol–water partition coefficient (Wildman–Crippen LogP) is -2.59. The fourth-order valence-electron chi connectivity index (χ4n) is 0.914. The van der Waals surface area contributed by atoms with Gasteiger partial charge in [0.2, 0.25) is 5.04 Å². The molecule has 0 saturated heterocycles. The van der Waals surface area contributed by atoms with Crippen LogP contribution >= 0.6 is 11.8 Å². The minimum absolute atomic E-state index is 0. The number of thioether (sulfide) groups is 1. The maximum atomic E-state index is 3.37. The molecule has 1 heterocycles. The average Bonchev–Trinajstić information content (AvgIpc) is 2.34. The van der Waals surface area contributed by atoms with Gasteiger partial charge in [-0.05, 0) is 6.42 Å². The van der Waals surface area contributed by atoms with Gasteiger partial charge in [-0.1, -0.05) is 25.1 Å². The van der Waals surface area contributed by atoms with Gasteiger partial charge in [0.25, 0.3) is 0 Å². The van der Waals surface area contributed by atoms with Gasteiger partial charge >= 0.3 is 0 Å². The highest BCUT2D eigenvalue weighted by Crippen LogP contribution is 2.07. The summed E-state index contributed by atoms with van der Waals surface area (Å²) in [5.41, 5.74) is 0. The maximum absolute atomic E-state index is 3.37. The van der Waals surface area contributed by atoms with Crippen molar-refractivity contribution in [3.63, 3.8) is 0 Å². The summed E-state index contributed by atoms with van der Waals surface area (Å²) in [6, 6.07) is 0. The molecule has 1 aliphatic rings. The van der Waals surface area contributed by atoms with Crippen LogP contribution in [0.2, 0.25) is 0 Å². The molecule has 1 aliphatic heterocycles. The van der Waals surface area contributed by atoms with Crippen molar-refractivity contribution in [2.45, 2.75) is 26.2 Å². The van der Waals surface area contributed by atoms with E-state index in [0.717, 1.165) is 0 Å². The van der Waals surface area contributed by atoms with Gasteiger partial charge in [0.15, 0.2) is 6.54 Å². The van der Waals surface area contributed by atoms with Gasteiger partial charge < -0.3 is 24.0 Å². The van der Waals surface area contributed by atoms with Gasteiger partial charge in [0.05, 0.1) is 5.75 Å². The van der Waals surface area contributed by atoms with Crippen LogP contribution < -0.4 is 29.0 Å². The highest BCUT2D eigenvalue weighted by Gasteiger charge is 2.11. The molecule has 10 heavy (non-hydrogen) atoms. The third-order valence-electron chi connectivity index (χ3n) is 1.46. The molecule has 0 spiro atoms. The topological polar surface area (TPSA) is 14.0 Å². The molecule has 0 aromatic heterocycles. The van der Waals surface area contributed by atoms with Crippen molar-refractivity contribution in [1.29, 1.82) is 0 Å². The smallest absolute Gasteiger partial charge is 0.209 e. The average molecular weight is 271 g/mol. The molecule has 0 aromatic carbocycles. The van der Waals surface area contributed by atoms with E-state index in [9.17, 15) is 0 Å².